The largest absolute Gasteiger partial charge is 0.317 e. The smallest absolute Gasteiger partial charge is 0.258 e. The molecule has 100 valence electrons. The van der Waals surface area contributed by atoms with Crippen LogP contribution >= 0.6 is 15.9 Å². The Balaban J connectivity index is 2.41. The van der Waals surface area contributed by atoms with Crippen LogP contribution in [-0.4, -0.2) is 22.4 Å². The van der Waals surface area contributed by atoms with E-state index in [4.69, 9.17) is 0 Å². The standard InChI is InChI=1S/C14H14BrFN2O/c1-14(2,8-17)18(10-4-5-10)13(19)11-7-9(15)3-6-12(11)16/h3,6-7,10H,4-5H2,1-2H3. The van der Waals surface area contributed by atoms with E-state index in [1.807, 2.05) is 0 Å². The summed E-state index contributed by atoms with van der Waals surface area (Å²) in [6.45, 7) is 3.36. The van der Waals surface area contributed by atoms with Gasteiger partial charge in [0.1, 0.15) is 11.4 Å². The van der Waals surface area contributed by atoms with Crippen LogP contribution in [0.4, 0.5) is 4.39 Å². The van der Waals surface area contributed by atoms with Crippen molar-refractivity contribution >= 4 is 21.8 Å². The van der Waals surface area contributed by atoms with Gasteiger partial charge in [-0.3, -0.25) is 4.79 Å². The third-order valence-corrected chi connectivity index (χ3v) is 3.66. The van der Waals surface area contributed by atoms with Gasteiger partial charge >= 0.3 is 0 Å². The van der Waals surface area contributed by atoms with Crippen LogP contribution in [0.2, 0.25) is 0 Å². The van der Waals surface area contributed by atoms with E-state index in [1.165, 1.54) is 17.0 Å². The summed E-state index contributed by atoms with van der Waals surface area (Å²) in [7, 11) is 0. The van der Waals surface area contributed by atoms with E-state index in [9.17, 15) is 14.4 Å². The number of benzene rings is 1. The van der Waals surface area contributed by atoms with Crippen LogP contribution in [0.5, 0.6) is 0 Å². The third-order valence-electron chi connectivity index (χ3n) is 3.17. The average molecular weight is 325 g/mol. The molecule has 0 radical (unpaired) electrons. The Hall–Kier alpha value is -1.41. The minimum absolute atomic E-state index is 0.00426. The highest BCUT2D eigenvalue weighted by molar-refractivity contribution is 9.10. The van der Waals surface area contributed by atoms with E-state index in [2.05, 4.69) is 22.0 Å². The van der Waals surface area contributed by atoms with Crippen LogP contribution in [0.3, 0.4) is 0 Å². The number of carbonyl (C=O) groups is 1. The van der Waals surface area contributed by atoms with Crippen LogP contribution in [0.25, 0.3) is 0 Å². The molecular formula is C14H14BrFN2O. The second-order valence-electron chi connectivity index (χ2n) is 5.20. The molecule has 0 aromatic heterocycles. The quantitative estimate of drug-likeness (QED) is 0.854. The van der Waals surface area contributed by atoms with Crippen molar-refractivity contribution in [2.24, 2.45) is 0 Å². The minimum Gasteiger partial charge on any atom is -0.317 e. The highest BCUT2D eigenvalue weighted by Crippen LogP contribution is 2.34. The molecule has 0 spiro atoms. The zero-order valence-electron chi connectivity index (χ0n) is 10.8. The van der Waals surface area contributed by atoms with Gasteiger partial charge in [-0.2, -0.15) is 5.26 Å². The van der Waals surface area contributed by atoms with Gasteiger partial charge in [-0.15, -0.1) is 0 Å². The predicted molar refractivity (Wildman–Crippen MR) is 73.0 cm³/mol. The molecular weight excluding hydrogens is 311 g/mol. The van der Waals surface area contributed by atoms with E-state index in [1.54, 1.807) is 19.9 Å². The molecule has 1 aliphatic carbocycles. The van der Waals surface area contributed by atoms with Gasteiger partial charge in [0.05, 0.1) is 11.6 Å². The Morgan fingerprint density at radius 2 is 2.16 bits per heavy atom. The maximum absolute atomic E-state index is 13.8. The first-order valence-electron chi connectivity index (χ1n) is 6.07. The molecule has 0 N–H and O–H groups in total. The van der Waals surface area contributed by atoms with Crippen LogP contribution in [0.15, 0.2) is 22.7 Å². The van der Waals surface area contributed by atoms with Gasteiger partial charge in [0.25, 0.3) is 5.91 Å². The number of nitrogens with zero attached hydrogens (tertiary/aromatic N) is 2. The van der Waals surface area contributed by atoms with Crippen molar-refractivity contribution in [3.8, 4) is 6.07 Å². The first kappa shape index (κ1) is 14.0. The van der Waals surface area contributed by atoms with E-state index >= 15 is 0 Å². The van der Waals surface area contributed by atoms with Crippen molar-refractivity contribution < 1.29 is 9.18 Å². The number of hydrogen-bond acceptors (Lipinski definition) is 2. The summed E-state index contributed by atoms with van der Waals surface area (Å²) in [4.78, 5) is 14.0. The van der Waals surface area contributed by atoms with Crippen molar-refractivity contribution in [3.63, 3.8) is 0 Å². The molecule has 2 rings (SSSR count). The molecule has 0 unspecified atom stereocenters. The van der Waals surface area contributed by atoms with E-state index in [0.29, 0.717) is 4.47 Å². The molecule has 1 fully saturated rings. The lowest BCUT2D eigenvalue weighted by Crippen LogP contribution is -2.48. The number of halogens is 2. The molecule has 1 aromatic carbocycles. The van der Waals surface area contributed by atoms with Crippen LogP contribution in [0, 0.1) is 17.1 Å². The normalized spacial score (nSPS) is 14.9. The van der Waals surface area contributed by atoms with Crippen molar-refractivity contribution in [1.82, 2.24) is 4.90 Å². The monoisotopic (exact) mass is 324 g/mol. The van der Waals surface area contributed by atoms with Gasteiger partial charge in [0.2, 0.25) is 0 Å². The summed E-state index contributed by atoms with van der Waals surface area (Å²) in [6.07, 6.45) is 1.74. The fourth-order valence-electron chi connectivity index (χ4n) is 2.05. The highest BCUT2D eigenvalue weighted by Gasteiger charge is 2.42. The summed E-state index contributed by atoms with van der Waals surface area (Å²) in [5, 5.41) is 9.21. The first-order chi connectivity index (χ1) is 8.86. The van der Waals surface area contributed by atoms with Crippen LogP contribution in [-0.2, 0) is 0 Å². The summed E-state index contributed by atoms with van der Waals surface area (Å²) in [5.41, 5.74) is -0.933. The number of amides is 1. The first-order valence-corrected chi connectivity index (χ1v) is 6.86. The molecule has 19 heavy (non-hydrogen) atoms. The molecule has 0 aliphatic heterocycles. The van der Waals surface area contributed by atoms with Gasteiger partial charge in [-0.1, -0.05) is 15.9 Å². The van der Waals surface area contributed by atoms with Gasteiger partial charge in [0.15, 0.2) is 0 Å². The summed E-state index contributed by atoms with van der Waals surface area (Å²) >= 11 is 3.23. The topological polar surface area (TPSA) is 44.1 Å². The van der Waals surface area contributed by atoms with Gasteiger partial charge in [-0.05, 0) is 44.9 Å². The SMILES string of the molecule is CC(C)(C#N)N(C(=O)c1cc(Br)ccc1F)C1CC1. The molecule has 0 saturated heterocycles. The fraction of sp³-hybridized carbons (Fsp3) is 0.429. The fourth-order valence-corrected chi connectivity index (χ4v) is 2.41. The Morgan fingerprint density at radius 3 is 2.68 bits per heavy atom. The molecule has 1 amide bonds. The second kappa shape index (κ2) is 4.93. The van der Waals surface area contributed by atoms with Crippen LogP contribution in [0.1, 0.15) is 37.0 Å². The zero-order chi connectivity index (χ0) is 14.2. The van der Waals surface area contributed by atoms with E-state index < -0.39 is 17.3 Å². The number of hydrogen-bond donors (Lipinski definition) is 0. The molecule has 0 atom stereocenters. The molecule has 3 nitrogen and oxygen atoms in total. The molecule has 1 saturated carbocycles. The Kier molecular flexibility index (Phi) is 3.64. The lowest BCUT2D eigenvalue weighted by molar-refractivity contribution is 0.0610. The van der Waals surface area contributed by atoms with Gasteiger partial charge < -0.3 is 4.90 Å². The third kappa shape index (κ3) is 2.79. The lowest BCUT2D eigenvalue weighted by atomic mass is 10.0. The van der Waals surface area contributed by atoms with Gasteiger partial charge in [0, 0.05) is 10.5 Å². The Bertz CT molecular complexity index is 561. The van der Waals surface area contributed by atoms with Crippen molar-refractivity contribution in [1.29, 1.82) is 5.26 Å². The predicted octanol–water partition coefficient (Wildman–Crippen LogP) is 3.49. The maximum Gasteiger partial charge on any atom is 0.258 e. The van der Waals surface area contributed by atoms with Crippen molar-refractivity contribution in [2.75, 3.05) is 0 Å². The Morgan fingerprint density at radius 1 is 1.53 bits per heavy atom. The van der Waals surface area contributed by atoms with E-state index in [-0.39, 0.29) is 11.6 Å². The lowest BCUT2D eigenvalue weighted by Gasteiger charge is -2.33. The molecule has 5 heteroatoms. The average Bonchev–Trinajstić information content (AvgIpc) is 3.16. The van der Waals surface area contributed by atoms with Gasteiger partial charge in [-0.25, -0.2) is 4.39 Å². The second-order valence-corrected chi connectivity index (χ2v) is 6.12. The summed E-state index contributed by atoms with van der Waals surface area (Å²) in [6, 6.07) is 6.42. The minimum atomic E-state index is -0.937. The number of nitriles is 1. The van der Waals surface area contributed by atoms with E-state index in [0.717, 1.165) is 12.8 Å². The van der Waals surface area contributed by atoms with Crippen molar-refractivity contribution in [3.05, 3.63) is 34.1 Å². The maximum atomic E-state index is 13.8. The zero-order valence-corrected chi connectivity index (χ0v) is 12.4. The number of rotatable bonds is 3. The van der Waals surface area contributed by atoms with Crippen molar-refractivity contribution in [2.45, 2.75) is 38.3 Å². The molecule has 1 aromatic rings. The molecule has 0 bridgehead atoms. The summed E-state index contributed by atoms with van der Waals surface area (Å²) in [5.74, 6) is -0.986. The summed E-state index contributed by atoms with van der Waals surface area (Å²) < 4.78 is 14.4. The highest BCUT2D eigenvalue weighted by atomic mass is 79.9. The van der Waals surface area contributed by atoms with Crippen LogP contribution < -0.4 is 0 Å². The molecule has 0 heterocycles. The Labute approximate surface area is 120 Å². The molecule has 1 aliphatic rings. The number of carbonyl (C=O) groups excluding carboxylic acids is 1.